The van der Waals surface area contributed by atoms with Crippen LogP contribution in [0.25, 0.3) is 0 Å². The van der Waals surface area contributed by atoms with Crippen LogP contribution < -0.4 is 5.32 Å². The minimum atomic E-state index is -0.918. The van der Waals surface area contributed by atoms with Crippen molar-refractivity contribution in [3.63, 3.8) is 0 Å². The van der Waals surface area contributed by atoms with Gasteiger partial charge in [-0.25, -0.2) is 9.67 Å². The van der Waals surface area contributed by atoms with E-state index >= 15 is 0 Å². The van der Waals surface area contributed by atoms with Crippen molar-refractivity contribution in [2.45, 2.75) is 20.4 Å². The Morgan fingerprint density at radius 1 is 1.26 bits per heavy atom. The van der Waals surface area contributed by atoms with Gasteiger partial charge in [0, 0.05) is 5.69 Å². The first-order valence-electron chi connectivity index (χ1n) is 7.34. The minimum Gasteiger partial charge on any atom is -0.481 e. The summed E-state index contributed by atoms with van der Waals surface area (Å²) < 4.78 is 1.71. The number of aliphatic carboxylic acids is 1. The van der Waals surface area contributed by atoms with Gasteiger partial charge >= 0.3 is 5.97 Å². The number of carboxylic acids is 1. The van der Waals surface area contributed by atoms with E-state index in [4.69, 9.17) is 5.11 Å². The van der Waals surface area contributed by atoms with E-state index in [-0.39, 0.29) is 5.91 Å². The quantitative estimate of drug-likeness (QED) is 0.874. The van der Waals surface area contributed by atoms with Crippen LogP contribution >= 0.6 is 0 Å². The summed E-state index contributed by atoms with van der Waals surface area (Å²) in [7, 11) is 0. The number of anilines is 1. The summed E-state index contributed by atoms with van der Waals surface area (Å²) in [5.41, 5.74) is 1.19. The van der Waals surface area contributed by atoms with Crippen LogP contribution in [-0.4, -0.2) is 31.7 Å². The molecule has 1 amide bonds. The molecule has 2 N–H and O–H groups in total. The second-order valence-electron chi connectivity index (χ2n) is 6.39. The molecule has 2 aromatic rings. The number of carboxylic acid groups (broad SMARTS) is 1. The Bertz CT molecular complexity index is 722. The van der Waals surface area contributed by atoms with Gasteiger partial charge in [0.05, 0.1) is 18.4 Å². The minimum absolute atomic E-state index is 0.244. The molecule has 7 nitrogen and oxygen atoms in total. The largest absolute Gasteiger partial charge is 0.481 e. The number of carbonyl (C=O) groups excluding carboxylic acids is 1. The highest BCUT2D eigenvalue weighted by Crippen LogP contribution is 2.58. The lowest BCUT2D eigenvalue weighted by atomic mass is 10.1. The van der Waals surface area contributed by atoms with Crippen molar-refractivity contribution in [1.29, 1.82) is 0 Å². The molecule has 0 saturated heterocycles. The summed E-state index contributed by atoms with van der Waals surface area (Å²) in [6, 6.07) is 7.39. The highest BCUT2D eigenvalue weighted by Gasteiger charge is 2.65. The summed E-state index contributed by atoms with van der Waals surface area (Å²) in [5, 5.41) is 16.0. The van der Waals surface area contributed by atoms with Gasteiger partial charge in [0.1, 0.15) is 12.7 Å². The molecule has 0 spiro atoms. The molecule has 2 atom stereocenters. The second-order valence-corrected chi connectivity index (χ2v) is 6.39. The highest BCUT2D eigenvalue weighted by molar-refractivity contribution is 5.99. The topological polar surface area (TPSA) is 97.1 Å². The van der Waals surface area contributed by atoms with Crippen LogP contribution in [0, 0.1) is 17.3 Å². The average molecular weight is 314 g/mol. The third kappa shape index (κ3) is 2.94. The van der Waals surface area contributed by atoms with Crippen LogP contribution in [0.15, 0.2) is 36.9 Å². The molecule has 0 unspecified atom stereocenters. The van der Waals surface area contributed by atoms with Crippen molar-refractivity contribution in [3.8, 4) is 0 Å². The van der Waals surface area contributed by atoms with Gasteiger partial charge in [-0.1, -0.05) is 26.0 Å². The maximum atomic E-state index is 12.2. The molecule has 1 aliphatic rings. The van der Waals surface area contributed by atoms with Crippen molar-refractivity contribution in [3.05, 3.63) is 42.5 Å². The smallest absolute Gasteiger partial charge is 0.307 e. The first-order valence-corrected chi connectivity index (χ1v) is 7.34. The SMILES string of the molecule is CC1(C)[C@H](C(=O)O)[C@@H]1C(=O)Nc1ccc(Cn2cncn2)cc1. The van der Waals surface area contributed by atoms with Crippen LogP contribution in [0.1, 0.15) is 19.4 Å². The number of hydrogen-bond acceptors (Lipinski definition) is 4. The maximum Gasteiger partial charge on any atom is 0.307 e. The number of aromatic nitrogens is 3. The van der Waals surface area contributed by atoms with Crippen LogP contribution in [-0.2, 0) is 16.1 Å². The molecule has 1 aromatic carbocycles. The van der Waals surface area contributed by atoms with Crippen molar-refractivity contribution in [2.75, 3.05) is 5.32 Å². The van der Waals surface area contributed by atoms with E-state index in [0.717, 1.165) is 5.56 Å². The number of benzene rings is 1. The molecule has 1 saturated carbocycles. The number of rotatable bonds is 5. The predicted octanol–water partition coefficient (Wildman–Crippen LogP) is 1.62. The normalized spacial score (nSPS) is 21.7. The zero-order chi connectivity index (χ0) is 16.6. The van der Waals surface area contributed by atoms with E-state index < -0.39 is 23.2 Å². The van der Waals surface area contributed by atoms with Crippen LogP contribution in [0.3, 0.4) is 0 Å². The predicted molar refractivity (Wildman–Crippen MR) is 82.6 cm³/mol. The first kappa shape index (κ1) is 15.2. The third-order valence-corrected chi connectivity index (χ3v) is 4.41. The third-order valence-electron chi connectivity index (χ3n) is 4.41. The molecule has 0 radical (unpaired) electrons. The first-order chi connectivity index (χ1) is 10.9. The lowest BCUT2D eigenvalue weighted by molar-refractivity contribution is -0.140. The number of amides is 1. The maximum absolute atomic E-state index is 12.2. The van der Waals surface area contributed by atoms with Crippen LogP contribution in [0.4, 0.5) is 5.69 Å². The highest BCUT2D eigenvalue weighted by atomic mass is 16.4. The Labute approximate surface area is 133 Å². The molecule has 1 aliphatic carbocycles. The summed E-state index contributed by atoms with van der Waals surface area (Å²) in [6.07, 6.45) is 3.11. The van der Waals surface area contributed by atoms with Gasteiger partial charge in [0.2, 0.25) is 5.91 Å². The van der Waals surface area contributed by atoms with Crippen LogP contribution in [0.2, 0.25) is 0 Å². The molecule has 1 heterocycles. The number of carbonyl (C=O) groups is 2. The molecule has 7 heteroatoms. The Morgan fingerprint density at radius 2 is 1.96 bits per heavy atom. The fourth-order valence-electron chi connectivity index (χ4n) is 3.00. The van der Waals surface area contributed by atoms with Crippen molar-refractivity contribution in [1.82, 2.24) is 14.8 Å². The number of nitrogens with one attached hydrogen (secondary N) is 1. The summed E-state index contributed by atoms with van der Waals surface area (Å²) in [4.78, 5) is 27.3. The fraction of sp³-hybridized carbons (Fsp3) is 0.375. The molecule has 120 valence electrons. The van der Waals surface area contributed by atoms with Gasteiger partial charge in [0.15, 0.2) is 0 Å². The van der Waals surface area contributed by atoms with E-state index in [1.807, 2.05) is 12.1 Å². The van der Waals surface area contributed by atoms with Gasteiger partial charge in [-0.05, 0) is 23.1 Å². The lowest BCUT2D eigenvalue weighted by Crippen LogP contribution is -2.17. The summed E-state index contributed by atoms with van der Waals surface area (Å²) in [5.74, 6) is -2.27. The Kier molecular flexibility index (Phi) is 3.63. The standard InChI is InChI=1S/C16H18N4O3/c1-16(2)12(13(16)15(22)23)14(21)19-11-5-3-10(4-6-11)7-20-9-17-8-18-20/h3-6,8-9,12-13H,7H2,1-2H3,(H,19,21)(H,22,23)/t12-,13+/m1/s1. The molecular weight excluding hydrogens is 296 g/mol. The Hall–Kier alpha value is -2.70. The molecule has 3 rings (SSSR count). The molecule has 1 aromatic heterocycles. The van der Waals surface area contributed by atoms with E-state index in [9.17, 15) is 9.59 Å². The van der Waals surface area contributed by atoms with E-state index in [1.165, 1.54) is 6.33 Å². The number of nitrogens with zero attached hydrogens (tertiary/aromatic N) is 3. The van der Waals surface area contributed by atoms with Crippen LogP contribution in [0.5, 0.6) is 0 Å². The Balaban J connectivity index is 1.62. The average Bonchev–Trinajstić information content (AvgIpc) is 2.83. The summed E-state index contributed by atoms with van der Waals surface area (Å²) >= 11 is 0. The molecule has 0 aliphatic heterocycles. The van der Waals surface area contributed by atoms with Gasteiger partial charge in [-0.15, -0.1) is 0 Å². The van der Waals surface area contributed by atoms with E-state index in [1.54, 1.807) is 37.0 Å². The molecule has 23 heavy (non-hydrogen) atoms. The molecular formula is C16H18N4O3. The van der Waals surface area contributed by atoms with Crippen molar-refractivity contribution < 1.29 is 14.7 Å². The number of hydrogen-bond donors (Lipinski definition) is 2. The van der Waals surface area contributed by atoms with Crippen molar-refractivity contribution >= 4 is 17.6 Å². The zero-order valence-corrected chi connectivity index (χ0v) is 12.9. The molecule has 0 bridgehead atoms. The second kappa shape index (κ2) is 5.49. The van der Waals surface area contributed by atoms with Gasteiger partial charge < -0.3 is 10.4 Å². The monoisotopic (exact) mass is 314 g/mol. The van der Waals surface area contributed by atoms with Crippen molar-refractivity contribution in [2.24, 2.45) is 17.3 Å². The van der Waals surface area contributed by atoms with Gasteiger partial charge in [-0.2, -0.15) is 5.10 Å². The summed E-state index contributed by atoms with van der Waals surface area (Å²) in [6.45, 7) is 4.21. The van der Waals surface area contributed by atoms with Gasteiger partial charge in [0.25, 0.3) is 0 Å². The Morgan fingerprint density at radius 3 is 2.48 bits per heavy atom. The fourth-order valence-corrected chi connectivity index (χ4v) is 3.00. The van der Waals surface area contributed by atoms with E-state index in [0.29, 0.717) is 12.2 Å². The van der Waals surface area contributed by atoms with E-state index in [2.05, 4.69) is 15.4 Å². The molecule has 1 fully saturated rings. The van der Waals surface area contributed by atoms with Gasteiger partial charge in [-0.3, -0.25) is 9.59 Å². The lowest BCUT2D eigenvalue weighted by Gasteiger charge is -2.07. The zero-order valence-electron chi connectivity index (χ0n) is 12.9.